The Hall–Kier alpha value is -1.36. The predicted octanol–water partition coefficient (Wildman–Crippen LogP) is 2.09. The number of aromatic amines is 1. The molecule has 0 amide bonds. The minimum Gasteiger partial charge on any atom is -0.356 e. The zero-order valence-corrected chi connectivity index (χ0v) is 13.4. The van der Waals surface area contributed by atoms with Crippen LogP contribution in [0.5, 0.6) is 0 Å². The fraction of sp³-hybridized carbons (Fsp3) is 0.733. The van der Waals surface area contributed by atoms with Gasteiger partial charge >= 0.3 is 0 Å². The number of hydrogen-bond acceptors (Lipinski definition) is 4. The Morgan fingerprint density at radius 1 is 1.45 bits per heavy atom. The van der Waals surface area contributed by atoms with Gasteiger partial charge < -0.3 is 15.6 Å². The van der Waals surface area contributed by atoms with Gasteiger partial charge in [0.1, 0.15) is 11.6 Å². The molecule has 20 heavy (non-hydrogen) atoms. The van der Waals surface area contributed by atoms with Gasteiger partial charge in [-0.2, -0.15) is 0 Å². The fourth-order valence-electron chi connectivity index (χ4n) is 2.02. The first-order chi connectivity index (χ1) is 9.29. The number of aromatic nitrogens is 2. The highest BCUT2D eigenvalue weighted by molar-refractivity contribution is 5.38. The van der Waals surface area contributed by atoms with Crippen molar-refractivity contribution in [3.05, 3.63) is 22.2 Å². The Kier molecular flexibility index (Phi) is 5.74. The van der Waals surface area contributed by atoms with E-state index in [9.17, 15) is 4.79 Å². The van der Waals surface area contributed by atoms with E-state index in [-0.39, 0.29) is 16.9 Å². The summed E-state index contributed by atoms with van der Waals surface area (Å²) in [5, 5.41) is 0. The van der Waals surface area contributed by atoms with Crippen LogP contribution in [0.25, 0.3) is 0 Å². The number of H-pyrrole nitrogens is 1. The van der Waals surface area contributed by atoms with Crippen molar-refractivity contribution in [1.82, 2.24) is 9.97 Å². The summed E-state index contributed by atoms with van der Waals surface area (Å²) >= 11 is 0. The van der Waals surface area contributed by atoms with Gasteiger partial charge in [-0.25, -0.2) is 4.98 Å². The molecule has 0 unspecified atom stereocenters. The van der Waals surface area contributed by atoms with E-state index >= 15 is 0 Å². The highest BCUT2D eigenvalue weighted by Gasteiger charge is 2.21. The highest BCUT2D eigenvalue weighted by Crippen LogP contribution is 2.20. The summed E-state index contributed by atoms with van der Waals surface area (Å²) in [6.45, 7) is 12.7. The van der Waals surface area contributed by atoms with Crippen molar-refractivity contribution in [3.8, 4) is 0 Å². The Labute approximate surface area is 121 Å². The van der Waals surface area contributed by atoms with Crippen LogP contribution in [0.2, 0.25) is 0 Å². The van der Waals surface area contributed by atoms with Crippen molar-refractivity contribution in [3.63, 3.8) is 0 Å². The molecule has 0 fully saturated rings. The average Bonchev–Trinajstić information content (AvgIpc) is 2.37. The van der Waals surface area contributed by atoms with Crippen LogP contribution in [0.15, 0.2) is 10.9 Å². The molecule has 0 saturated carbocycles. The first-order valence-electron chi connectivity index (χ1n) is 7.35. The van der Waals surface area contributed by atoms with Crippen LogP contribution < -0.4 is 16.2 Å². The van der Waals surface area contributed by atoms with E-state index < -0.39 is 0 Å². The standard InChI is InChI=1S/C15H28N4O/c1-6-7-19(10-15(4,5)9-16)12-8-13(20)18-14(17-12)11(2)3/h8,11H,6-7,9-10,16H2,1-5H3,(H,17,18,20). The largest absolute Gasteiger partial charge is 0.356 e. The summed E-state index contributed by atoms with van der Waals surface area (Å²) in [7, 11) is 0. The third-order valence-electron chi connectivity index (χ3n) is 3.28. The van der Waals surface area contributed by atoms with E-state index in [4.69, 9.17) is 5.73 Å². The Bertz CT molecular complexity index is 479. The van der Waals surface area contributed by atoms with Crippen molar-refractivity contribution < 1.29 is 0 Å². The summed E-state index contributed by atoms with van der Waals surface area (Å²) in [5.41, 5.74) is 5.73. The molecule has 0 aliphatic carbocycles. The van der Waals surface area contributed by atoms with E-state index in [0.717, 1.165) is 31.2 Å². The number of nitrogens with two attached hydrogens (primary N) is 1. The summed E-state index contributed by atoms with van der Waals surface area (Å²) < 4.78 is 0. The van der Waals surface area contributed by atoms with E-state index in [2.05, 4.69) is 35.6 Å². The summed E-state index contributed by atoms with van der Waals surface area (Å²) in [4.78, 5) is 21.4. The molecule has 0 bridgehead atoms. The molecule has 5 nitrogen and oxygen atoms in total. The summed E-state index contributed by atoms with van der Waals surface area (Å²) in [6, 6.07) is 1.58. The maximum absolute atomic E-state index is 11.8. The second-order valence-electron chi connectivity index (χ2n) is 6.43. The maximum Gasteiger partial charge on any atom is 0.252 e. The summed E-state index contributed by atoms with van der Waals surface area (Å²) in [5.74, 6) is 1.69. The van der Waals surface area contributed by atoms with Crippen LogP contribution >= 0.6 is 0 Å². The van der Waals surface area contributed by atoms with Gasteiger partial charge in [0.05, 0.1) is 0 Å². The molecule has 1 rings (SSSR count). The van der Waals surface area contributed by atoms with Crippen LogP contribution in [0.1, 0.15) is 52.8 Å². The van der Waals surface area contributed by atoms with Crippen LogP contribution in [0, 0.1) is 5.41 Å². The van der Waals surface area contributed by atoms with Crippen LogP contribution in [-0.4, -0.2) is 29.6 Å². The lowest BCUT2D eigenvalue weighted by molar-refractivity contribution is 0.376. The monoisotopic (exact) mass is 280 g/mol. The molecule has 1 heterocycles. The fourth-order valence-corrected chi connectivity index (χ4v) is 2.02. The Morgan fingerprint density at radius 3 is 2.60 bits per heavy atom. The van der Waals surface area contributed by atoms with Gasteiger partial charge in [-0.05, 0) is 18.4 Å². The van der Waals surface area contributed by atoms with Gasteiger partial charge in [0.25, 0.3) is 5.56 Å². The van der Waals surface area contributed by atoms with Gasteiger partial charge in [-0.15, -0.1) is 0 Å². The van der Waals surface area contributed by atoms with Gasteiger partial charge in [0.2, 0.25) is 0 Å². The lowest BCUT2D eigenvalue weighted by Crippen LogP contribution is -2.40. The third kappa shape index (κ3) is 4.63. The van der Waals surface area contributed by atoms with Crippen molar-refractivity contribution >= 4 is 5.82 Å². The number of rotatable bonds is 7. The van der Waals surface area contributed by atoms with E-state index in [1.54, 1.807) is 6.07 Å². The molecular weight excluding hydrogens is 252 g/mol. The number of nitrogens with one attached hydrogen (secondary N) is 1. The molecule has 0 saturated heterocycles. The molecule has 0 spiro atoms. The molecule has 0 aromatic carbocycles. The minimum atomic E-state index is -0.0923. The average molecular weight is 280 g/mol. The number of hydrogen-bond donors (Lipinski definition) is 2. The topological polar surface area (TPSA) is 75.0 Å². The maximum atomic E-state index is 11.8. The minimum absolute atomic E-state index is 0.00253. The van der Waals surface area contributed by atoms with Crippen LogP contribution in [-0.2, 0) is 0 Å². The van der Waals surface area contributed by atoms with Crippen LogP contribution in [0.3, 0.4) is 0 Å². The summed E-state index contributed by atoms with van der Waals surface area (Å²) in [6.07, 6.45) is 1.01. The number of nitrogens with zero attached hydrogens (tertiary/aromatic N) is 2. The smallest absolute Gasteiger partial charge is 0.252 e. The first kappa shape index (κ1) is 16.7. The van der Waals surface area contributed by atoms with E-state index in [1.165, 1.54) is 0 Å². The quantitative estimate of drug-likeness (QED) is 0.802. The molecular formula is C15H28N4O. The number of anilines is 1. The van der Waals surface area contributed by atoms with Crippen molar-refractivity contribution in [2.75, 3.05) is 24.5 Å². The molecule has 5 heteroatoms. The van der Waals surface area contributed by atoms with Gasteiger partial charge in [-0.1, -0.05) is 34.6 Å². The van der Waals surface area contributed by atoms with Crippen molar-refractivity contribution in [2.24, 2.45) is 11.1 Å². The molecule has 0 aliphatic heterocycles. The van der Waals surface area contributed by atoms with Crippen LogP contribution in [0.4, 0.5) is 5.82 Å². The second-order valence-corrected chi connectivity index (χ2v) is 6.43. The molecule has 114 valence electrons. The zero-order valence-electron chi connectivity index (χ0n) is 13.4. The lowest BCUT2D eigenvalue weighted by Gasteiger charge is -2.32. The molecule has 0 radical (unpaired) electrons. The van der Waals surface area contributed by atoms with E-state index in [1.807, 2.05) is 13.8 Å². The SMILES string of the molecule is CCCN(CC(C)(C)CN)c1cc(=O)[nH]c(C(C)C)n1. The molecule has 0 atom stereocenters. The molecule has 1 aromatic rings. The van der Waals surface area contributed by atoms with Gasteiger partial charge in [0.15, 0.2) is 0 Å². The Balaban J connectivity index is 3.11. The molecule has 0 aliphatic rings. The third-order valence-corrected chi connectivity index (χ3v) is 3.28. The molecule has 3 N–H and O–H groups in total. The Morgan fingerprint density at radius 2 is 2.10 bits per heavy atom. The van der Waals surface area contributed by atoms with Crippen molar-refractivity contribution in [1.29, 1.82) is 0 Å². The van der Waals surface area contributed by atoms with Crippen molar-refractivity contribution in [2.45, 2.75) is 47.0 Å². The van der Waals surface area contributed by atoms with E-state index in [0.29, 0.717) is 6.54 Å². The van der Waals surface area contributed by atoms with Gasteiger partial charge in [0, 0.05) is 25.1 Å². The first-order valence-corrected chi connectivity index (χ1v) is 7.35. The van der Waals surface area contributed by atoms with Gasteiger partial charge in [-0.3, -0.25) is 4.79 Å². The lowest BCUT2D eigenvalue weighted by atomic mass is 9.93. The normalized spacial score (nSPS) is 11.9. The zero-order chi connectivity index (χ0) is 15.3. The second kappa shape index (κ2) is 6.88. The molecule has 1 aromatic heterocycles. The predicted molar refractivity (Wildman–Crippen MR) is 84.3 cm³/mol. The highest BCUT2D eigenvalue weighted by atomic mass is 16.1.